The monoisotopic (exact) mass is 157 g/mol. The van der Waals surface area contributed by atoms with Gasteiger partial charge < -0.3 is 15.9 Å². The average molecular weight is 157 g/mol. The number of aromatic amines is 1. The van der Waals surface area contributed by atoms with Crippen LogP contribution in [0.4, 0.5) is 0 Å². The van der Waals surface area contributed by atoms with E-state index in [9.17, 15) is 4.79 Å². The first-order valence-electron chi connectivity index (χ1n) is 2.86. The summed E-state index contributed by atoms with van der Waals surface area (Å²) in [6.45, 7) is 0.00954. The number of H-pyrrole nitrogens is 1. The molecule has 0 saturated carbocycles. The van der Waals surface area contributed by atoms with Crippen LogP contribution < -0.4 is 5.73 Å². The molecule has 1 aromatic heterocycles. The standard InChI is InChI=1S/C5H7N3O3/c6-1-2-4(9)3(5(10)11)8-7-2/h9H,1,6H2,(H,7,8)(H,10,11). The van der Waals surface area contributed by atoms with Crippen molar-refractivity contribution in [2.75, 3.05) is 0 Å². The van der Waals surface area contributed by atoms with Gasteiger partial charge in [-0.2, -0.15) is 5.10 Å². The Bertz CT molecular complexity index is 281. The molecule has 1 heterocycles. The van der Waals surface area contributed by atoms with Crippen molar-refractivity contribution in [3.63, 3.8) is 0 Å². The quantitative estimate of drug-likeness (QED) is 0.452. The molecule has 0 spiro atoms. The molecule has 11 heavy (non-hydrogen) atoms. The molecule has 0 aliphatic carbocycles. The molecule has 0 atom stereocenters. The Morgan fingerprint density at radius 3 is 2.64 bits per heavy atom. The molecular weight excluding hydrogens is 150 g/mol. The van der Waals surface area contributed by atoms with Crippen LogP contribution in [0, 0.1) is 0 Å². The normalized spacial score (nSPS) is 9.91. The number of carboxylic acids is 1. The molecule has 6 heteroatoms. The lowest BCUT2D eigenvalue weighted by Gasteiger charge is -1.89. The van der Waals surface area contributed by atoms with Gasteiger partial charge in [0.05, 0.1) is 0 Å². The Morgan fingerprint density at radius 2 is 2.36 bits per heavy atom. The van der Waals surface area contributed by atoms with E-state index < -0.39 is 5.97 Å². The molecule has 0 aliphatic heterocycles. The van der Waals surface area contributed by atoms with Gasteiger partial charge in [-0.3, -0.25) is 5.10 Å². The number of hydrogen-bond acceptors (Lipinski definition) is 4. The van der Waals surface area contributed by atoms with Crippen LogP contribution in [-0.4, -0.2) is 26.4 Å². The predicted molar refractivity (Wildman–Crippen MR) is 35.1 cm³/mol. The number of nitrogens with zero attached hydrogens (tertiary/aromatic N) is 1. The summed E-state index contributed by atoms with van der Waals surface area (Å²) in [5.41, 5.74) is 4.96. The lowest BCUT2D eigenvalue weighted by Crippen LogP contribution is -1.97. The number of aromatic hydroxyl groups is 1. The van der Waals surface area contributed by atoms with Crippen molar-refractivity contribution >= 4 is 5.97 Å². The minimum Gasteiger partial charge on any atom is -0.504 e. The molecule has 0 bridgehead atoms. The molecule has 0 fully saturated rings. The van der Waals surface area contributed by atoms with Gasteiger partial charge in [-0.15, -0.1) is 0 Å². The Hall–Kier alpha value is -1.56. The molecule has 0 aliphatic rings. The Labute approximate surface area is 61.6 Å². The first-order valence-corrected chi connectivity index (χ1v) is 2.86. The van der Waals surface area contributed by atoms with E-state index in [1.807, 2.05) is 0 Å². The second kappa shape index (κ2) is 2.59. The number of carbonyl (C=O) groups is 1. The van der Waals surface area contributed by atoms with E-state index in [1.54, 1.807) is 0 Å². The number of aromatic carboxylic acids is 1. The van der Waals surface area contributed by atoms with Crippen LogP contribution in [0.25, 0.3) is 0 Å². The lowest BCUT2D eigenvalue weighted by molar-refractivity contribution is 0.0687. The first kappa shape index (κ1) is 7.55. The van der Waals surface area contributed by atoms with Crippen molar-refractivity contribution in [1.29, 1.82) is 0 Å². The molecule has 5 N–H and O–H groups in total. The number of carboxylic acid groups (broad SMARTS) is 1. The maximum absolute atomic E-state index is 10.3. The van der Waals surface area contributed by atoms with Crippen LogP contribution in [0.5, 0.6) is 5.75 Å². The van der Waals surface area contributed by atoms with Gasteiger partial charge in [0.1, 0.15) is 5.69 Å². The van der Waals surface area contributed by atoms with Gasteiger partial charge in [-0.25, -0.2) is 4.79 Å². The van der Waals surface area contributed by atoms with Crippen molar-refractivity contribution in [3.05, 3.63) is 11.4 Å². The second-order valence-corrected chi connectivity index (χ2v) is 1.90. The van der Waals surface area contributed by atoms with E-state index in [0.29, 0.717) is 0 Å². The summed E-state index contributed by atoms with van der Waals surface area (Å²) in [6.07, 6.45) is 0. The van der Waals surface area contributed by atoms with Gasteiger partial charge in [0.25, 0.3) is 0 Å². The summed E-state index contributed by atoms with van der Waals surface area (Å²) in [6, 6.07) is 0. The maximum Gasteiger partial charge on any atom is 0.357 e. The predicted octanol–water partition coefficient (Wildman–Crippen LogP) is -0.728. The number of rotatable bonds is 2. The largest absolute Gasteiger partial charge is 0.504 e. The summed E-state index contributed by atoms with van der Waals surface area (Å²) in [7, 11) is 0. The molecule has 1 rings (SSSR count). The zero-order valence-corrected chi connectivity index (χ0v) is 5.53. The topological polar surface area (TPSA) is 112 Å². The van der Waals surface area contributed by atoms with Gasteiger partial charge in [0, 0.05) is 6.54 Å². The molecule has 0 amide bonds. The van der Waals surface area contributed by atoms with Crippen LogP contribution in [0.2, 0.25) is 0 Å². The van der Waals surface area contributed by atoms with Crippen LogP contribution in [0.15, 0.2) is 0 Å². The summed E-state index contributed by atoms with van der Waals surface area (Å²) in [4.78, 5) is 10.3. The number of nitrogens with two attached hydrogens (primary N) is 1. The van der Waals surface area contributed by atoms with Crippen molar-refractivity contribution in [2.24, 2.45) is 5.73 Å². The van der Waals surface area contributed by atoms with E-state index in [-0.39, 0.29) is 23.7 Å². The highest BCUT2D eigenvalue weighted by atomic mass is 16.4. The minimum absolute atomic E-state index is 0.00954. The summed E-state index contributed by atoms with van der Waals surface area (Å²) >= 11 is 0. The fraction of sp³-hybridized carbons (Fsp3) is 0.200. The highest BCUT2D eigenvalue weighted by Crippen LogP contribution is 2.17. The Morgan fingerprint density at radius 1 is 1.73 bits per heavy atom. The third-order valence-corrected chi connectivity index (χ3v) is 1.22. The number of hydrogen-bond donors (Lipinski definition) is 4. The number of nitrogens with one attached hydrogen (secondary N) is 1. The van der Waals surface area contributed by atoms with E-state index in [0.717, 1.165) is 0 Å². The molecule has 0 unspecified atom stereocenters. The van der Waals surface area contributed by atoms with Gasteiger partial charge in [-0.1, -0.05) is 0 Å². The molecule has 1 aromatic rings. The second-order valence-electron chi connectivity index (χ2n) is 1.90. The van der Waals surface area contributed by atoms with Gasteiger partial charge in [-0.05, 0) is 0 Å². The van der Waals surface area contributed by atoms with E-state index in [2.05, 4.69) is 10.2 Å². The van der Waals surface area contributed by atoms with Crippen LogP contribution >= 0.6 is 0 Å². The molecule has 6 nitrogen and oxygen atoms in total. The smallest absolute Gasteiger partial charge is 0.357 e. The van der Waals surface area contributed by atoms with E-state index in [4.69, 9.17) is 15.9 Å². The SMILES string of the molecule is NCc1n[nH]c(C(=O)O)c1O. The van der Waals surface area contributed by atoms with E-state index >= 15 is 0 Å². The zero-order chi connectivity index (χ0) is 8.43. The molecule has 0 aromatic carbocycles. The average Bonchev–Trinajstić information content (AvgIpc) is 2.30. The Balaban J connectivity index is 3.10. The molecule has 60 valence electrons. The maximum atomic E-state index is 10.3. The third-order valence-electron chi connectivity index (χ3n) is 1.22. The highest BCUT2D eigenvalue weighted by Gasteiger charge is 2.15. The molecular formula is C5H7N3O3. The fourth-order valence-corrected chi connectivity index (χ4v) is 0.665. The summed E-state index contributed by atoms with van der Waals surface area (Å²) in [5, 5.41) is 23.1. The molecule has 0 radical (unpaired) electrons. The van der Waals surface area contributed by atoms with E-state index in [1.165, 1.54) is 0 Å². The van der Waals surface area contributed by atoms with Crippen LogP contribution in [-0.2, 0) is 6.54 Å². The minimum atomic E-state index is -1.25. The first-order chi connectivity index (χ1) is 5.16. The zero-order valence-electron chi connectivity index (χ0n) is 5.53. The van der Waals surface area contributed by atoms with Crippen molar-refractivity contribution < 1.29 is 15.0 Å². The highest BCUT2D eigenvalue weighted by molar-refractivity contribution is 5.88. The van der Waals surface area contributed by atoms with Crippen molar-refractivity contribution in [2.45, 2.75) is 6.54 Å². The van der Waals surface area contributed by atoms with Crippen LogP contribution in [0.3, 0.4) is 0 Å². The lowest BCUT2D eigenvalue weighted by atomic mass is 10.3. The van der Waals surface area contributed by atoms with Crippen LogP contribution in [0.1, 0.15) is 16.2 Å². The third kappa shape index (κ3) is 1.15. The number of aromatic nitrogens is 2. The summed E-state index contributed by atoms with van der Waals surface area (Å²) in [5.74, 6) is -1.64. The van der Waals surface area contributed by atoms with Crippen molar-refractivity contribution in [3.8, 4) is 5.75 Å². The van der Waals surface area contributed by atoms with Crippen molar-refractivity contribution in [1.82, 2.24) is 10.2 Å². The molecule has 0 saturated heterocycles. The van der Waals surface area contributed by atoms with Gasteiger partial charge >= 0.3 is 5.97 Å². The fourth-order valence-electron chi connectivity index (χ4n) is 0.665. The summed E-state index contributed by atoms with van der Waals surface area (Å²) < 4.78 is 0. The van der Waals surface area contributed by atoms with Gasteiger partial charge in [0.2, 0.25) is 0 Å². The van der Waals surface area contributed by atoms with Gasteiger partial charge in [0.15, 0.2) is 11.4 Å². The Kier molecular flexibility index (Phi) is 1.77.